The number of carbonyl (C=O) groups is 4. The Morgan fingerprint density at radius 3 is 2.17 bits per heavy atom. The first-order valence-corrected chi connectivity index (χ1v) is 6.80. The van der Waals surface area contributed by atoms with Gasteiger partial charge in [0.25, 0.3) is 0 Å². The van der Waals surface area contributed by atoms with Gasteiger partial charge < -0.3 is 20.3 Å². The van der Waals surface area contributed by atoms with Crippen LogP contribution < -0.4 is 15.0 Å². The van der Waals surface area contributed by atoms with Crippen molar-refractivity contribution in [2.75, 3.05) is 23.9 Å². The molecule has 0 aromatic carbocycles. The second kappa shape index (κ2) is 7.85. The third kappa shape index (κ3) is 3.94. The number of hydrogen-bond acceptors (Lipinski definition) is 7. The Morgan fingerprint density at radius 1 is 1.12 bits per heavy atom. The number of aliphatic carboxylic acids is 2. The highest BCUT2D eigenvalue weighted by Gasteiger charge is 2.27. The molecular formula is C13H16N4O7. The lowest BCUT2D eigenvalue weighted by molar-refractivity contribution is -0.148. The number of rotatable bonds is 5. The molecule has 0 spiro atoms. The molecule has 0 fully saturated rings. The Kier molecular flexibility index (Phi) is 6.15. The number of carboxylic acids is 2. The molecule has 1 aromatic rings. The monoisotopic (exact) mass is 340 g/mol. The summed E-state index contributed by atoms with van der Waals surface area (Å²) in [6.07, 6.45) is 0.289. The molecule has 2 amide bonds. The molecule has 1 heterocycles. The maximum atomic E-state index is 11.7. The van der Waals surface area contributed by atoms with Gasteiger partial charge in [0.05, 0.1) is 12.7 Å². The van der Waals surface area contributed by atoms with Crippen LogP contribution in [0.2, 0.25) is 0 Å². The summed E-state index contributed by atoms with van der Waals surface area (Å²) >= 11 is 0. The van der Waals surface area contributed by atoms with Crippen molar-refractivity contribution in [2.45, 2.75) is 20.3 Å². The molecule has 3 N–H and O–H groups in total. The van der Waals surface area contributed by atoms with E-state index in [2.05, 4.69) is 15.3 Å². The zero-order chi connectivity index (χ0) is 18.4. The number of methoxy groups -OCH3 is 1. The van der Waals surface area contributed by atoms with Crippen LogP contribution in [0.15, 0.2) is 0 Å². The normalized spacial score (nSPS) is 9.96. The van der Waals surface area contributed by atoms with E-state index in [0.717, 1.165) is 4.90 Å². The van der Waals surface area contributed by atoms with Gasteiger partial charge in [0.1, 0.15) is 5.82 Å². The Labute approximate surface area is 136 Å². The average molecular weight is 340 g/mol. The molecule has 0 atom stereocenters. The summed E-state index contributed by atoms with van der Waals surface area (Å²) < 4.78 is 5.06. The van der Waals surface area contributed by atoms with E-state index in [0.29, 0.717) is 5.56 Å². The minimum atomic E-state index is -1.73. The predicted octanol–water partition coefficient (Wildman–Crippen LogP) is -0.492. The zero-order valence-corrected chi connectivity index (χ0v) is 13.2. The van der Waals surface area contributed by atoms with Crippen LogP contribution in [0.5, 0.6) is 5.88 Å². The van der Waals surface area contributed by atoms with E-state index in [4.69, 9.17) is 14.9 Å². The lowest BCUT2D eigenvalue weighted by atomic mass is 10.2. The largest absolute Gasteiger partial charge is 0.481 e. The molecular weight excluding hydrogens is 324 g/mol. The molecule has 1 aromatic heterocycles. The van der Waals surface area contributed by atoms with Crippen molar-refractivity contribution >= 4 is 35.5 Å². The molecule has 1 rings (SSSR count). The molecule has 0 bridgehead atoms. The Balaban J connectivity index is 3.47. The van der Waals surface area contributed by atoms with Gasteiger partial charge in [-0.25, -0.2) is 9.59 Å². The van der Waals surface area contributed by atoms with Crippen molar-refractivity contribution in [1.82, 2.24) is 9.97 Å². The van der Waals surface area contributed by atoms with E-state index in [1.807, 2.05) is 0 Å². The average Bonchev–Trinajstić information content (AvgIpc) is 2.54. The van der Waals surface area contributed by atoms with E-state index in [-0.39, 0.29) is 30.6 Å². The summed E-state index contributed by atoms with van der Waals surface area (Å²) in [6, 6.07) is 0. The number of carboxylic acid groups (broad SMARTS) is 2. The predicted molar refractivity (Wildman–Crippen MR) is 79.9 cm³/mol. The van der Waals surface area contributed by atoms with Crippen LogP contribution in [0.3, 0.4) is 0 Å². The van der Waals surface area contributed by atoms with Crippen LogP contribution in [0, 0.1) is 0 Å². The molecule has 11 nitrogen and oxygen atoms in total. The highest BCUT2D eigenvalue weighted by atomic mass is 16.5. The smallest absolute Gasteiger partial charge is 0.395 e. The third-order valence-electron chi connectivity index (χ3n) is 2.92. The van der Waals surface area contributed by atoms with Crippen LogP contribution in [0.1, 0.15) is 19.4 Å². The van der Waals surface area contributed by atoms with Crippen LogP contribution in [-0.2, 0) is 25.6 Å². The van der Waals surface area contributed by atoms with Gasteiger partial charge in [0, 0.05) is 6.54 Å². The summed E-state index contributed by atoms with van der Waals surface area (Å²) in [5.41, 5.74) is 0.301. The summed E-state index contributed by atoms with van der Waals surface area (Å²) in [5.74, 6) is -6.59. The van der Waals surface area contributed by atoms with Gasteiger partial charge >= 0.3 is 23.8 Å². The molecule has 0 radical (unpaired) electrons. The quantitative estimate of drug-likeness (QED) is 0.601. The van der Waals surface area contributed by atoms with Crippen molar-refractivity contribution in [3.63, 3.8) is 0 Å². The van der Waals surface area contributed by atoms with Gasteiger partial charge in [0.15, 0.2) is 0 Å². The van der Waals surface area contributed by atoms with Crippen molar-refractivity contribution < 1.29 is 34.1 Å². The number of amides is 2. The minimum absolute atomic E-state index is 0.0140. The molecule has 0 aliphatic carbocycles. The number of hydrogen-bond donors (Lipinski definition) is 3. The summed E-state index contributed by atoms with van der Waals surface area (Å²) in [4.78, 5) is 53.3. The standard InChI is InChI=1S/C13H16N4O7/c1-4-6-7(14-8(18)11(20)21)15-13(16-9(6)24-3)17(5-2)10(19)12(22)23/h4-5H2,1-3H3,(H,20,21)(H,22,23)(H,14,15,16,18). The molecule has 0 aliphatic rings. The number of ether oxygens (including phenoxy) is 1. The van der Waals surface area contributed by atoms with Crippen LogP contribution in [0.25, 0.3) is 0 Å². The number of aromatic nitrogens is 2. The highest BCUT2D eigenvalue weighted by molar-refractivity contribution is 6.37. The first-order valence-electron chi connectivity index (χ1n) is 6.80. The van der Waals surface area contributed by atoms with Crippen molar-refractivity contribution in [2.24, 2.45) is 0 Å². The van der Waals surface area contributed by atoms with Crippen LogP contribution >= 0.6 is 0 Å². The molecule has 24 heavy (non-hydrogen) atoms. The molecule has 0 unspecified atom stereocenters. The SMILES string of the molecule is CCc1c(NC(=O)C(=O)O)nc(N(CC)C(=O)C(=O)O)nc1OC. The summed E-state index contributed by atoms with van der Waals surface area (Å²) in [5, 5.41) is 19.6. The number of likely N-dealkylation sites (N-methyl/N-ethyl adjacent to an activating group) is 1. The molecule has 11 heteroatoms. The fourth-order valence-corrected chi connectivity index (χ4v) is 1.82. The highest BCUT2D eigenvalue weighted by Crippen LogP contribution is 2.27. The van der Waals surface area contributed by atoms with Gasteiger partial charge in [-0.3, -0.25) is 14.5 Å². The van der Waals surface area contributed by atoms with E-state index in [9.17, 15) is 19.2 Å². The minimum Gasteiger partial charge on any atom is -0.481 e. The number of nitrogens with zero attached hydrogens (tertiary/aromatic N) is 3. The summed E-state index contributed by atoms with van der Waals surface area (Å²) in [6.45, 7) is 3.13. The second-order valence-corrected chi connectivity index (χ2v) is 4.33. The van der Waals surface area contributed by atoms with Gasteiger partial charge in [-0.1, -0.05) is 6.92 Å². The zero-order valence-electron chi connectivity index (χ0n) is 13.2. The van der Waals surface area contributed by atoms with Gasteiger partial charge in [0.2, 0.25) is 11.8 Å². The Bertz CT molecular complexity index is 689. The molecule has 0 saturated carbocycles. The lowest BCUT2D eigenvalue weighted by Crippen LogP contribution is -2.38. The van der Waals surface area contributed by atoms with Crippen molar-refractivity contribution in [3.8, 4) is 5.88 Å². The molecule has 0 saturated heterocycles. The van der Waals surface area contributed by atoms with Crippen LogP contribution in [-0.4, -0.2) is 57.6 Å². The van der Waals surface area contributed by atoms with Crippen molar-refractivity contribution in [1.29, 1.82) is 0 Å². The van der Waals surface area contributed by atoms with E-state index < -0.39 is 23.8 Å². The van der Waals surface area contributed by atoms with Gasteiger partial charge in [-0.15, -0.1) is 0 Å². The molecule has 130 valence electrons. The van der Waals surface area contributed by atoms with Gasteiger partial charge in [-0.2, -0.15) is 9.97 Å². The summed E-state index contributed by atoms with van der Waals surface area (Å²) in [7, 11) is 1.28. The topological polar surface area (TPSA) is 159 Å². The number of carbonyl (C=O) groups excluding carboxylic acids is 2. The second-order valence-electron chi connectivity index (χ2n) is 4.33. The van der Waals surface area contributed by atoms with E-state index in [1.54, 1.807) is 6.92 Å². The van der Waals surface area contributed by atoms with E-state index >= 15 is 0 Å². The third-order valence-corrected chi connectivity index (χ3v) is 2.92. The van der Waals surface area contributed by atoms with E-state index in [1.165, 1.54) is 14.0 Å². The molecule has 0 aliphatic heterocycles. The van der Waals surface area contributed by atoms with Gasteiger partial charge in [-0.05, 0) is 13.3 Å². The van der Waals surface area contributed by atoms with Crippen LogP contribution in [0.4, 0.5) is 11.8 Å². The Hall–Kier alpha value is -3.24. The first-order chi connectivity index (χ1) is 11.3. The van der Waals surface area contributed by atoms with Crippen molar-refractivity contribution in [3.05, 3.63) is 5.56 Å². The lowest BCUT2D eigenvalue weighted by Gasteiger charge is -2.19. The fraction of sp³-hybridized carbons (Fsp3) is 0.385. The fourth-order valence-electron chi connectivity index (χ4n) is 1.82. The number of anilines is 2. The maximum Gasteiger partial charge on any atom is 0.395 e. The first kappa shape index (κ1) is 18.8. The number of nitrogens with one attached hydrogen (secondary N) is 1. The Morgan fingerprint density at radius 2 is 1.75 bits per heavy atom. The maximum absolute atomic E-state index is 11.7.